The average Bonchev–Trinajstić information content (AvgIpc) is 2.36. The Labute approximate surface area is 110 Å². The van der Waals surface area contributed by atoms with Gasteiger partial charge in [-0.05, 0) is 24.1 Å². The second-order valence-corrected chi connectivity index (χ2v) is 4.05. The highest BCUT2D eigenvalue weighted by Crippen LogP contribution is 2.31. The summed E-state index contributed by atoms with van der Waals surface area (Å²) < 4.78 is 43.0. The van der Waals surface area contributed by atoms with Crippen LogP contribution in [-0.4, -0.2) is 19.5 Å². The number of ether oxygens (including phenoxy) is 1. The number of hydrogen-bond acceptors (Lipinski definition) is 2. The lowest BCUT2D eigenvalue weighted by atomic mass is 10.0. The van der Waals surface area contributed by atoms with Gasteiger partial charge < -0.3 is 10.5 Å². The van der Waals surface area contributed by atoms with Crippen molar-refractivity contribution >= 4 is 5.84 Å². The lowest BCUT2D eigenvalue weighted by Gasteiger charge is -2.17. The van der Waals surface area contributed by atoms with Gasteiger partial charge in [-0.3, -0.25) is 4.99 Å². The van der Waals surface area contributed by atoms with Crippen molar-refractivity contribution in [3.05, 3.63) is 35.4 Å². The van der Waals surface area contributed by atoms with Crippen molar-refractivity contribution < 1.29 is 17.9 Å². The first-order valence-electron chi connectivity index (χ1n) is 5.90. The molecule has 6 heteroatoms. The first-order chi connectivity index (χ1) is 8.90. The topological polar surface area (TPSA) is 47.6 Å². The average molecular weight is 274 g/mol. The molecule has 0 fully saturated rings. The molecule has 106 valence electrons. The maximum Gasteiger partial charge on any atom is 0.416 e. The number of nitrogens with zero attached hydrogens (tertiary/aromatic N) is 1. The number of aliphatic imine (C=N–C) groups is 1. The van der Waals surface area contributed by atoms with Crippen LogP contribution in [-0.2, 0) is 10.9 Å². The van der Waals surface area contributed by atoms with Gasteiger partial charge in [-0.1, -0.05) is 19.1 Å². The maximum atomic E-state index is 12.6. The fourth-order valence-corrected chi connectivity index (χ4v) is 1.63. The fourth-order valence-electron chi connectivity index (χ4n) is 1.63. The first-order valence-corrected chi connectivity index (χ1v) is 5.90. The third-order valence-corrected chi connectivity index (χ3v) is 2.54. The molecule has 0 amide bonds. The third-order valence-electron chi connectivity index (χ3n) is 2.54. The highest BCUT2D eigenvalue weighted by Gasteiger charge is 2.31. The Kier molecular flexibility index (Phi) is 5.35. The van der Waals surface area contributed by atoms with Crippen molar-refractivity contribution in [1.82, 2.24) is 0 Å². The van der Waals surface area contributed by atoms with Crippen LogP contribution in [0.15, 0.2) is 29.3 Å². The molecule has 0 saturated carbocycles. The van der Waals surface area contributed by atoms with Crippen molar-refractivity contribution in [3.8, 4) is 0 Å². The lowest BCUT2D eigenvalue weighted by Crippen LogP contribution is -2.24. The summed E-state index contributed by atoms with van der Waals surface area (Å²) >= 11 is 0. The Bertz CT molecular complexity index is 444. The number of nitrogens with two attached hydrogens (primary N) is 1. The number of rotatable bonds is 5. The van der Waals surface area contributed by atoms with Gasteiger partial charge in [0.15, 0.2) is 0 Å². The highest BCUT2D eigenvalue weighted by molar-refractivity contribution is 5.86. The monoisotopic (exact) mass is 274 g/mol. The van der Waals surface area contributed by atoms with E-state index < -0.39 is 17.8 Å². The highest BCUT2D eigenvalue weighted by atomic mass is 19.4. The van der Waals surface area contributed by atoms with Crippen LogP contribution in [0.25, 0.3) is 0 Å². The number of amidine groups is 1. The Morgan fingerprint density at radius 2 is 2.11 bits per heavy atom. The Balaban J connectivity index is 3.06. The molecule has 19 heavy (non-hydrogen) atoms. The molecule has 3 nitrogen and oxygen atoms in total. The predicted molar refractivity (Wildman–Crippen MR) is 68.0 cm³/mol. The molecule has 0 aliphatic heterocycles. The molecule has 1 atom stereocenters. The van der Waals surface area contributed by atoms with Crippen molar-refractivity contribution in [1.29, 1.82) is 0 Å². The molecule has 1 aromatic carbocycles. The molecule has 1 unspecified atom stereocenters. The summed E-state index contributed by atoms with van der Waals surface area (Å²) in [5, 5.41) is 0. The molecule has 0 spiro atoms. The molecule has 1 rings (SSSR count). The SMILES string of the molecule is CCCN=C(N)C(OC)c1cccc(C(F)(F)F)c1. The Morgan fingerprint density at radius 1 is 1.42 bits per heavy atom. The standard InChI is InChI=1S/C13H17F3N2O/c1-3-7-18-12(17)11(19-2)9-5-4-6-10(8-9)13(14,15)16/h4-6,8,11H,3,7H2,1-2H3,(H2,17,18). The van der Waals surface area contributed by atoms with Gasteiger partial charge >= 0.3 is 6.18 Å². The van der Waals surface area contributed by atoms with E-state index in [1.807, 2.05) is 6.92 Å². The van der Waals surface area contributed by atoms with E-state index in [4.69, 9.17) is 10.5 Å². The van der Waals surface area contributed by atoms with Crippen molar-refractivity contribution in [2.24, 2.45) is 10.7 Å². The zero-order valence-corrected chi connectivity index (χ0v) is 10.9. The van der Waals surface area contributed by atoms with Gasteiger partial charge in [0.05, 0.1) is 5.56 Å². The molecular weight excluding hydrogens is 257 g/mol. The van der Waals surface area contributed by atoms with E-state index in [0.29, 0.717) is 12.1 Å². The Hall–Kier alpha value is -1.56. The van der Waals surface area contributed by atoms with Crippen LogP contribution in [0.4, 0.5) is 13.2 Å². The maximum absolute atomic E-state index is 12.6. The second-order valence-electron chi connectivity index (χ2n) is 4.05. The van der Waals surface area contributed by atoms with Crippen molar-refractivity contribution in [2.75, 3.05) is 13.7 Å². The van der Waals surface area contributed by atoms with E-state index >= 15 is 0 Å². The minimum Gasteiger partial charge on any atom is -0.385 e. The fraction of sp³-hybridized carbons (Fsp3) is 0.462. The number of alkyl halides is 3. The van der Waals surface area contributed by atoms with Crippen LogP contribution < -0.4 is 5.73 Å². The molecule has 1 aromatic rings. The zero-order chi connectivity index (χ0) is 14.5. The van der Waals surface area contributed by atoms with Gasteiger partial charge in [-0.15, -0.1) is 0 Å². The van der Waals surface area contributed by atoms with Crippen LogP contribution >= 0.6 is 0 Å². The number of hydrogen-bond donors (Lipinski definition) is 1. The molecule has 2 N–H and O–H groups in total. The largest absolute Gasteiger partial charge is 0.416 e. The molecule has 0 saturated heterocycles. The smallest absolute Gasteiger partial charge is 0.385 e. The van der Waals surface area contributed by atoms with Gasteiger partial charge in [-0.2, -0.15) is 13.2 Å². The number of halogens is 3. The van der Waals surface area contributed by atoms with Gasteiger partial charge in [0, 0.05) is 13.7 Å². The minimum absolute atomic E-state index is 0.184. The van der Waals surface area contributed by atoms with Gasteiger partial charge in [0.2, 0.25) is 0 Å². The lowest BCUT2D eigenvalue weighted by molar-refractivity contribution is -0.137. The van der Waals surface area contributed by atoms with Crippen LogP contribution in [0.1, 0.15) is 30.6 Å². The van der Waals surface area contributed by atoms with Gasteiger partial charge in [0.25, 0.3) is 0 Å². The van der Waals surface area contributed by atoms with Gasteiger partial charge in [0.1, 0.15) is 11.9 Å². The van der Waals surface area contributed by atoms with E-state index in [0.717, 1.165) is 18.6 Å². The molecule has 0 aromatic heterocycles. The molecule has 0 aliphatic carbocycles. The van der Waals surface area contributed by atoms with E-state index in [1.165, 1.54) is 19.2 Å². The van der Waals surface area contributed by atoms with E-state index in [-0.39, 0.29) is 5.84 Å². The summed E-state index contributed by atoms with van der Waals surface area (Å²) in [5.41, 5.74) is 5.37. The second kappa shape index (κ2) is 6.56. The van der Waals surface area contributed by atoms with Crippen LogP contribution in [0, 0.1) is 0 Å². The normalized spacial score (nSPS) is 14.5. The summed E-state index contributed by atoms with van der Waals surface area (Å²) in [6.07, 6.45) is -4.34. The van der Waals surface area contributed by atoms with Crippen molar-refractivity contribution in [3.63, 3.8) is 0 Å². The summed E-state index contributed by atoms with van der Waals surface area (Å²) in [5.74, 6) is 0.184. The first kappa shape index (κ1) is 15.5. The van der Waals surface area contributed by atoms with Crippen LogP contribution in [0.2, 0.25) is 0 Å². The number of benzene rings is 1. The summed E-state index contributed by atoms with van der Waals surface area (Å²) in [6, 6.07) is 4.91. The van der Waals surface area contributed by atoms with E-state index in [1.54, 1.807) is 0 Å². The summed E-state index contributed by atoms with van der Waals surface area (Å²) in [6.45, 7) is 2.45. The van der Waals surface area contributed by atoms with E-state index in [9.17, 15) is 13.2 Å². The van der Waals surface area contributed by atoms with Crippen LogP contribution in [0.5, 0.6) is 0 Å². The Morgan fingerprint density at radius 3 is 2.63 bits per heavy atom. The molecule has 0 bridgehead atoms. The summed E-state index contributed by atoms with van der Waals surface area (Å²) in [4.78, 5) is 4.07. The molecule has 0 aliphatic rings. The zero-order valence-electron chi connectivity index (χ0n) is 10.9. The molecule has 0 heterocycles. The van der Waals surface area contributed by atoms with Gasteiger partial charge in [-0.25, -0.2) is 0 Å². The van der Waals surface area contributed by atoms with Crippen LogP contribution in [0.3, 0.4) is 0 Å². The minimum atomic E-state index is -4.39. The summed E-state index contributed by atoms with van der Waals surface area (Å²) in [7, 11) is 1.39. The van der Waals surface area contributed by atoms with Crippen molar-refractivity contribution in [2.45, 2.75) is 25.6 Å². The molecule has 0 radical (unpaired) electrons. The molecular formula is C13H17F3N2O. The third kappa shape index (κ3) is 4.24. The van der Waals surface area contributed by atoms with E-state index in [2.05, 4.69) is 4.99 Å². The quantitative estimate of drug-likeness (QED) is 0.662. The number of methoxy groups -OCH3 is 1. The predicted octanol–water partition coefficient (Wildman–Crippen LogP) is 3.16.